The van der Waals surface area contributed by atoms with Gasteiger partial charge in [0.15, 0.2) is 0 Å². The van der Waals surface area contributed by atoms with Crippen LogP contribution in [0.1, 0.15) is 94.2 Å². The van der Waals surface area contributed by atoms with E-state index in [1.165, 1.54) is 32.7 Å². The Morgan fingerprint density at radius 3 is 0.941 bits per heavy atom. The standard InChI is InChI=1S/2C17H24P.C14H14.Ti/c2*1-16(2,3)18(17(4,5)6)15-11-13-9-7-8-10-14(13)12-15;1-3-7-13(8-4-1)11-12-14-9-5-2-6-10-14;/h2*7-12H,1-6H3;1-10H,11-12H2;/q2*-1;;+2. The molecule has 0 nitrogen and oxygen atoms in total. The van der Waals surface area contributed by atoms with Crippen molar-refractivity contribution in [2.24, 2.45) is 0 Å². The second-order valence-electron chi connectivity index (χ2n) is 17.5. The van der Waals surface area contributed by atoms with Crippen molar-refractivity contribution < 1.29 is 21.7 Å². The largest absolute Gasteiger partial charge is 2.00 e. The van der Waals surface area contributed by atoms with E-state index in [0.29, 0.717) is 20.6 Å². The van der Waals surface area contributed by atoms with Gasteiger partial charge in [-0.15, -0.1) is 80.7 Å². The third-order valence-electron chi connectivity index (χ3n) is 8.79. The van der Waals surface area contributed by atoms with E-state index in [-0.39, 0.29) is 37.6 Å². The van der Waals surface area contributed by atoms with Crippen molar-refractivity contribution in [2.45, 2.75) is 117 Å². The Morgan fingerprint density at radius 2 is 0.667 bits per heavy atom. The van der Waals surface area contributed by atoms with E-state index in [1.807, 2.05) is 0 Å². The van der Waals surface area contributed by atoms with Gasteiger partial charge in [0.25, 0.3) is 0 Å². The first kappa shape index (κ1) is 43.1. The zero-order chi connectivity index (χ0) is 36.7. The summed E-state index contributed by atoms with van der Waals surface area (Å²) >= 11 is 0. The summed E-state index contributed by atoms with van der Waals surface area (Å²) in [7, 11) is -0.369. The molecule has 0 saturated heterocycles. The van der Waals surface area contributed by atoms with Crippen molar-refractivity contribution in [1.82, 2.24) is 0 Å². The maximum absolute atomic E-state index is 2.40. The van der Waals surface area contributed by atoms with Crippen molar-refractivity contribution in [3.8, 4) is 0 Å². The van der Waals surface area contributed by atoms with E-state index in [2.05, 4.69) is 217 Å². The van der Waals surface area contributed by atoms with Gasteiger partial charge in [0.05, 0.1) is 0 Å². The van der Waals surface area contributed by atoms with Crippen LogP contribution in [0, 0.1) is 0 Å². The summed E-state index contributed by atoms with van der Waals surface area (Å²) < 4.78 is 0. The molecule has 0 atom stereocenters. The molecule has 0 fully saturated rings. The fourth-order valence-electron chi connectivity index (χ4n) is 7.67. The molecule has 6 aromatic rings. The molecule has 0 amide bonds. The van der Waals surface area contributed by atoms with Crippen molar-refractivity contribution in [2.75, 3.05) is 0 Å². The Morgan fingerprint density at radius 1 is 0.392 bits per heavy atom. The molecule has 0 aliphatic carbocycles. The number of hydrogen-bond donors (Lipinski definition) is 0. The van der Waals surface area contributed by atoms with Gasteiger partial charge < -0.3 is 0 Å². The molecule has 0 bridgehead atoms. The smallest absolute Gasteiger partial charge is 0.160 e. The Bertz CT molecular complexity index is 1650. The second kappa shape index (κ2) is 18.1. The van der Waals surface area contributed by atoms with E-state index >= 15 is 0 Å². The molecule has 0 heterocycles. The topological polar surface area (TPSA) is 0 Å². The van der Waals surface area contributed by atoms with Gasteiger partial charge in [-0.25, -0.2) is 0 Å². The second-order valence-corrected chi connectivity index (χ2v) is 25.3. The molecular formula is C48H62P2Ti. The van der Waals surface area contributed by atoms with Crippen molar-refractivity contribution >= 4 is 48.0 Å². The van der Waals surface area contributed by atoms with Gasteiger partial charge >= 0.3 is 21.7 Å². The van der Waals surface area contributed by atoms with Crippen LogP contribution in [0.3, 0.4) is 0 Å². The minimum Gasteiger partial charge on any atom is -0.160 e. The van der Waals surface area contributed by atoms with E-state index < -0.39 is 0 Å². The van der Waals surface area contributed by atoms with Gasteiger partial charge in [-0.3, -0.25) is 0 Å². The van der Waals surface area contributed by atoms with Crippen LogP contribution < -0.4 is 10.6 Å². The predicted molar refractivity (Wildman–Crippen MR) is 231 cm³/mol. The van der Waals surface area contributed by atoms with E-state index in [1.54, 1.807) is 10.6 Å². The van der Waals surface area contributed by atoms with E-state index in [9.17, 15) is 0 Å². The molecule has 3 heteroatoms. The minimum atomic E-state index is -0.185. The van der Waals surface area contributed by atoms with Crippen LogP contribution in [0.25, 0.3) is 21.5 Å². The van der Waals surface area contributed by atoms with Crippen molar-refractivity contribution in [1.29, 1.82) is 0 Å². The zero-order valence-corrected chi connectivity index (χ0v) is 36.9. The monoisotopic (exact) mass is 748 g/mol. The molecule has 6 rings (SSSR count). The van der Waals surface area contributed by atoms with Crippen LogP contribution in [-0.2, 0) is 34.6 Å². The summed E-state index contributed by atoms with van der Waals surface area (Å²) in [5, 5.41) is 10.0. The molecule has 0 radical (unpaired) electrons. The van der Waals surface area contributed by atoms with Crippen molar-refractivity contribution in [3.05, 3.63) is 145 Å². The molecule has 0 spiro atoms. The quantitative estimate of drug-likeness (QED) is 0.0936. The number of aryl methyl sites for hydroxylation is 2. The fourth-order valence-corrected chi connectivity index (χ4v) is 15.9. The summed E-state index contributed by atoms with van der Waals surface area (Å²) in [4.78, 5) is 0. The molecule has 0 aliphatic rings. The van der Waals surface area contributed by atoms with E-state index in [0.717, 1.165) is 12.8 Å². The number of benzene rings is 4. The summed E-state index contributed by atoms with van der Waals surface area (Å²) in [5.74, 6) is 0. The van der Waals surface area contributed by atoms with Crippen LogP contribution in [0.2, 0.25) is 0 Å². The zero-order valence-electron chi connectivity index (χ0n) is 33.5. The number of hydrogen-bond acceptors (Lipinski definition) is 0. The Balaban J connectivity index is 0.000000206. The molecular weight excluding hydrogens is 686 g/mol. The van der Waals surface area contributed by atoms with E-state index in [4.69, 9.17) is 0 Å². The molecule has 0 N–H and O–H groups in total. The maximum Gasteiger partial charge on any atom is 2.00 e. The summed E-state index contributed by atoms with van der Waals surface area (Å²) in [6.45, 7) is 28.5. The number of fused-ring (bicyclic) bond motifs is 2. The Kier molecular flexibility index (Phi) is 15.3. The third-order valence-corrected chi connectivity index (χ3v) is 15.7. The molecule has 0 aliphatic heterocycles. The minimum absolute atomic E-state index is 0. The van der Waals surface area contributed by atoms with Crippen LogP contribution in [0.4, 0.5) is 0 Å². The van der Waals surface area contributed by atoms with Crippen LogP contribution >= 0.6 is 15.8 Å². The number of rotatable bonds is 5. The van der Waals surface area contributed by atoms with Crippen molar-refractivity contribution in [3.63, 3.8) is 0 Å². The molecule has 0 unspecified atom stereocenters. The first-order chi connectivity index (χ1) is 23.3. The summed E-state index contributed by atoms with van der Waals surface area (Å²) in [6, 6.07) is 48.2. The molecule has 6 aromatic carbocycles. The molecule has 0 saturated carbocycles. The van der Waals surface area contributed by atoms with Crippen LogP contribution in [-0.4, -0.2) is 20.6 Å². The summed E-state index contributed by atoms with van der Waals surface area (Å²) in [5.41, 5.74) is 2.83. The average Bonchev–Trinajstić information content (AvgIpc) is 3.62. The molecule has 0 aromatic heterocycles. The van der Waals surface area contributed by atoms with Gasteiger partial charge in [-0.05, 0) is 44.6 Å². The fraction of sp³-hybridized carbons (Fsp3) is 0.375. The molecule has 268 valence electrons. The first-order valence-corrected chi connectivity index (χ1v) is 21.0. The van der Waals surface area contributed by atoms with Gasteiger partial charge in [0.2, 0.25) is 0 Å². The summed E-state index contributed by atoms with van der Waals surface area (Å²) in [6.07, 6.45) is 2.26. The first-order valence-electron chi connectivity index (χ1n) is 18.3. The van der Waals surface area contributed by atoms with Crippen LogP contribution in [0.15, 0.2) is 133 Å². The van der Waals surface area contributed by atoms with Gasteiger partial charge in [-0.2, -0.15) is 12.1 Å². The van der Waals surface area contributed by atoms with Gasteiger partial charge in [0, 0.05) is 0 Å². The third kappa shape index (κ3) is 12.6. The predicted octanol–water partition coefficient (Wildman–Crippen LogP) is 14.0. The SMILES string of the molecule is CC(C)(C)P(c1cc2ccccc2[cH-]1)C(C)(C)C.CC(C)(C)P(c1cc2ccccc2[cH-]1)C(C)(C)C.[Ti+2].c1ccc(CCc2ccccc2)cc1. The Hall–Kier alpha value is -2.33. The van der Waals surface area contributed by atoms with Crippen LogP contribution in [0.5, 0.6) is 0 Å². The Labute approximate surface area is 329 Å². The maximum atomic E-state index is 2.40. The van der Waals surface area contributed by atoms with Gasteiger partial charge in [-0.1, -0.05) is 172 Å². The average molecular weight is 749 g/mol. The molecule has 51 heavy (non-hydrogen) atoms. The van der Waals surface area contributed by atoms with Gasteiger partial charge in [0.1, 0.15) is 0 Å². The normalized spacial score (nSPS) is 12.3.